The van der Waals surface area contributed by atoms with Crippen LogP contribution in [0.4, 0.5) is 0 Å². The number of rotatable bonds is 6. The predicted molar refractivity (Wildman–Crippen MR) is 63.1 cm³/mol. The van der Waals surface area contributed by atoms with Crippen LogP contribution in [-0.2, 0) is 13.5 Å². The molecule has 2 N–H and O–H groups in total. The molecular weight excluding hydrogens is 202 g/mol. The van der Waals surface area contributed by atoms with Gasteiger partial charge in [0.15, 0.2) is 0 Å². The van der Waals surface area contributed by atoms with E-state index in [2.05, 4.69) is 17.3 Å². The van der Waals surface area contributed by atoms with E-state index in [0.717, 1.165) is 30.1 Å². The number of aromatic nitrogens is 2. The molecule has 1 fully saturated rings. The van der Waals surface area contributed by atoms with Crippen molar-refractivity contribution in [2.24, 2.45) is 13.0 Å². The van der Waals surface area contributed by atoms with Crippen LogP contribution in [0.1, 0.15) is 37.1 Å². The summed E-state index contributed by atoms with van der Waals surface area (Å²) in [5.41, 5.74) is 2.23. The summed E-state index contributed by atoms with van der Waals surface area (Å²) < 4.78 is 1.83. The second kappa shape index (κ2) is 4.97. The van der Waals surface area contributed by atoms with Crippen LogP contribution < -0.4 is 5.32 Å². The zero-order valence-corrected chi connectivity index (χ0v) is 10.1. The van der Waals surface area contributed by atoms with Gasteiger partial charge in [0.1, 0.15) is 0 Å². The van der Waals surface area contributed by atoms with Gasteiger partial charge in [0.05, 0.1) is 18.3 Å². The Morgan fingerprint density at radius 3 is 2.94 bits per heavy atom. The highest BCUT2D eigenvalue weighted by molar-refractivity contribution is 5.21. The molecule has 1 aromatic heterocycles. The Labute approximate surface area is 96.7 Å². The molecule has 4 heteroatoms. The van der Waals surface area contributed by atoms with Crippen molar-refractivity contribution in [2.75, 3.05) is 13.2 Å². The Kier molecular flexibility index (Phi) is 3.61. The topological polar surface area (TPSA) is 50.1 Å². The Morgan fingerprint density at radius 2 is 2.38 bits per heavy atom. The van der Waals surface area contributed by atoms with Crippen molar-refractivity contribution >= 4 is 0 Å². The van der Waals surface area contributed by atoms with Crippen molar-refractivity contribution in [3.05, 3.63) is 17.5 Å². The third kappa shape index (κ3) is 2.62. The molecular formula is C12H21N3O. The summed E-state index contributed by atoms with van der Waals surface area (Å²) in [4.78, 5) is 0. The molecule has 0 aliphatic heterocycles. The zero-order chi connectivity index (χ0) is 11.5. The monoisotopic (exact) mass is 223 g/mol. The molecule has 1 aliphatic carbocycles. The van der Waals surface area contributed by atoms with Crippen LogP contribution in [-0.4, -0.2) is 28.0 Å². The van der Waals surface area contributed by atoms with Crippen molar-refractivity contribution < 1.29 is 5.11 Å². The number of aliphatic hydroxyl groups excluding tert-OH is 1. The molecule has 4 nitrogen and oxygen atoms in total. The van der Waals surface area contributed by atoms with E-state index in [1.807, 2.05) is 17.9 Å². The summed E-state index contributed by atoms with van der Waals surface area (Å²) in [6.07, 6.45) is 5.59. The van der Waals surface area contributed by atoms with Crippen molar-refractivity contribution in [1.29, 1.82) is 0 Å². The fraction of sp³-hybridized carbons (Fsp3) is 0.750. The van der Waals surface area contributed by atoms with E-state index in [9.17, 15) is 5.11 Å². The van der Waals surface area contributed by atoms with E-state index >= 15 is 0 Å². The predicted octanol–water partition coefficient (Wildman–Crippen LogP) is 1.02. The van der Waals surface area contributed by atoms with Crippen molar-refractivity contribution in [1.82, 2.24) is 15.1 Å². The summed E-state index contributed by atoms with van der Waals surface area (Å²) in [5.74, 6) is 0.829. The molecule has 1 aliphatic rings. The van der Waals surface area contributed by atoms with Gasteiger partial charge in [0.2, 0.25) is 0 Å². The first-order valence-electron chi connectivity index (χ1n) is 6.11. The molecule has 1 heterocycles. The van der Waals surface area contributed by atoms with Gasteiger partial charge in [-0.2, -0.15) is 5.10 Å². The fourth-order valence-corrected chi connectivity index (χ4v) is 2.02. The van der Waals surface area contributed by atoms with Gasteiger partial charge in [-0.15, -0.1) is 0 Å². The van der Waals surface area contributed by atoms with Crippen LogP contribution in [0.2, 0.25) is 0 Å². The third-order valence-electron chi connectivity index (χ3n) is 3.18. The number of hydrogen-bond acceptors (Lipinski definition) is 3. The van der Waals surface area contributed by atoms with E-state index < -0.39 is 0 Å². The van der Waals surface area contributed by atoms with Crippen LogP contribution in [0, 0.1) is 5.92 Å². The third-order valence-corrected chi connectivity index (χ3v) is 3.18. The van der Waals surface area contributed by atoms with Gasteiger partial charge in [-0.3, -0.25) is 4.68 Å². The SMILES string of the molecule is CCc1nn(C)cc1C(CO)NCC1CC1. The molecule has 1 atom stereocenters. The summed E-state index contributed by atoms with van der Waals surface area (Å²) in [5, 5.41) is 17.3. The summed E-state index contributed by atoms with van der Waals surface area (Å²) >= 11 is 0. The first kappa shape index (κ1) is 11.6. The summed E-state index contributed by atoms with van der Waals surface area (Å²) in [7, 11) is 1.93. The van der Waals surface area contributed by atoms with Gasteiger partial charge >= 0.3 is 0 Å². The quantitative estimate of drug-likeness (QED) is 0.757. The highest BCUT2D eigenvalue weighted by Gasteiger charge is 2.23. The number of nitrogens with zero attached hydrogens (tertiary/aromatic N) is 2. The van der Waals surface area contributed by atoms with Crippen LogP contribution in [0.25, 0.3) is 0 Å². The second-order valence-electron chi connectivity index (χ2n) is 4.65. The maximum absolute atomic E-state index is 9.44. The Morgan fingerprint density at radius 1 is 1.62 bits per heavy atom. The van der Waals surface area contributed by atoms with Crippen molar-refractivity contribution in [2.45, 2.75) is 32.2 Å². The number of nitrogens with one attached hydrogen (secondary N) is 1. The molecule has 2 rings (SSSR count). The standard InChI is InChI=1S/C12H21N3O/c1-3-11-10(7-15(2)14-11)12(8-16)13-6-9-4-5-9/h7,9,12-13,16H,3-6,8H2,1-2H3. The summed E-state index contributed by atoms with van der Waals surface area (Å²) in [6.45, 7) is 3.26. The van der Waals surface area contributed by atoms with E-state index in [4.69, 9.17) is 0 Å². The highest BCUT2D eigenvalue weighted by atomic mass is 16.3. The van der Waals surface area contributed by atoms with Crippen molar-refractivity contribution in [3.63, 3.8) is 0 Å². The Balaban J connectivity index is 2.04. The summed E-state index contributed by atoms with van der Waals surface area (Å²) in [6, 6.07) is 0.0456. The molecule has 1 aromatic rings. The average molecular weight is 223 g/mol. The molecule has 0 aromatic carbocycles. The minimum Gasteiger partial charge on any atom is -0.394 e. The second-order valence-corrected chi connectivity index (χ2v) is 4.65. The minimum absolute atomic E-state index is 0.0456. The largest absolute Gasteiger partial charge is 0.394 e. The Bertz CT molecular complexity index is 344. The smallest absolute Gasteiger partial charge is 0.0670 e. The van der Waals surface area contributed by atoms with Gasteiger partial charge in [-0.25, -0.2) is 0 Å². The van der Waals surface area contributed by atoms with Crippen LogP contribution >= 0.6 is 0 Å². The van der Waals surface area contributed by atoms with Crippen LogP contribution in [0.15, 0.2) is 6.20 Å². The number of hydrogen-bond donors (Lipinski definition) is 2. The zero-order valence-electron chi connectivity index (χ0n) is 10.1. The molecule has 1 unspecified atom stereocenters. The maximum atomic E-state index is 9.44. The first-order valence-corrected chi connectivity index (χ1v) is 6.11. The van der Waals surface area contributed by atoms with Gasteiger partial charge in [0, 0.05) is 18.8 Å². The maximum Gasteiger partial charge on any atom is 0.0670 e. The molecule has 0 spiro atoms. The van der Waals surface area contributed by atoms with Crippen molar-refractivity contribution in [3.8, 4) is 0 Å². The molecule has 90 valence electrons. The average Bonchev–Trinajstić information content (AvgIpc) is 3.02. The lowest BCUT2D eigenvalue weighted by atomic mass is 10.1. The Hall–Kier alpha value is -0.870. The number of aryl methyl sites for hydroxylation is 2. The lowest BCUT2D eigenvalue weighted by molar-refractivity contribution is 0.243. The van der Waals surface area contributed by atoms with Gasteiger partial charge < -0.3 is 10.4 Å². The first-order chi connectivity index (χ1) is 7.74. The lowest BCUT2D eigenvalue weighted by Gasteiger charge is -2.15. The molecule has 1 saturated carbocycles. The molecule has 0 saturated heterocycles. The normalized spacial score (nSPS) is 17.7. The highest BCUT2D eigenvalue weighted by Crippen LogP contribution is 2.28. The van der Waals surface area contributed by atoms with Crippen LogP contribution in [0.3, 0.4) is 0 Å². The van der Waals surface area contributed by atoms with E-state index in [1.165, 1.54) is 12.8 Å². The van der Waals surface area contributed by atoms with E-state index in [-0.39, 0.29) is 12.6 Å². The minimum atomic E-state index is 0.0456. The molecule has 0 bridgehead atoms. The van der Waals surface area contributed by atoms with E-state index in [0.29, 0.717) is 0 Å². The van der Waals surface area contributed by atoms with E-state index in [1.54, 1.807) is 0 Å². The lowest BCUT2D eigenvalue weighted by Crippen LogP contribution is -2.26. The van der Waals surface area contributed by atoms with Gasteiger partial charge in [0.25, 0.3) is 0 Å². The fourth-order valence-electron chi connectivity index (χ4n) is 2.02. The van der Waals surface area contributed by atoms with Gasteiger partial charge in [-0.05, 0) is 31.7 Å². The molecule has 0 amide bonds. The molecule has 0 radical (unpaired) electrons. The van der Waals surface area contributed by atoms with Gasteiger partial charge in [-0.1, -0.05) is 6.92 Å². The number of aliphatic hydroxyl groups is 1. The van der Waals surface area contributed by atoms with Crippen LogP contribution in [0.5, 0.6) is 0 Å². The molecule has 16 heavy (non-hydrogen) atoms.